The number of aryl methyl sites for hydroxylation is 1. The van der Waals surface area contributed by atoms with E-state index in [9.17, 15) is 18.0 Å². The second kappa shape index (κ2) is 8.62. The maximum absolute atomic E-state index is 12.5. The molecule has 0 aromatic heterocycles. The van der Waals surface area contributed by atoms with Gasteiger partial charge in [0.25, 0.3) is 11.8 Å². The van der Waals surface area contributed by atoms with Crippen molar-refractivity contribution in [2.45, 2.75) is 24.7 Å². The number of carbonyl (C=O) groups is 2. The third kappa shape index (κ3) is 4.57. The Labute approximate surface area is 169 Å². The maximum Gasteiger partial charge on any atom is 0.269 e. The van der Waals surface area contributed by atoms with Gasteiger partial charge in [0.2, 0.25) is 10.0 Å². The molecule has 0 bridgehead atoms. The monoisotopic (exact) mass is 417 g/mol. The summed E-state index contributed by atoms with van der Waals surface area (Å²) < 4.78 is 31.7. The van der Waals surface area contributed by atoms with E-state index in [1.807, 2.05) is 6.92 Å². The van der Waals surface area contributed by atoms with Gasteiger partial charge in [-0.05, 0) is 61.7 Å². The van der Waals surface area contributed by atoms with Gasteiger partial charge in [-0.1, -0.05) is 6.07 Å². The number of sulfonamides is 1. The molecule has 0 unspecified atom stereocenters. The Kier molecular flexibility index (Phi) is 6.19. The molecule has 2 amide bonds. The summed E-state index contributed by atoms with van der Waals surface area (Å²) in [6.07, 6.45) is 1.71. The Bertz CT molecular complexity index is 1010. The number of benzene rings is 2. The maximum atomic E-state index is 12.5. The van der Waals surface area contributed by atoms with Crippen LogP contribution in [0.1, 0.15) is 39.1 Å². The SMILES string of the molecule is COc1cc(C(=O)NNC(=O)c2ccc(S(=O)(=O)N3CCCC3)cc2)ccc1C. The number of nitrogens with one attached hydrogen (secondary N) is 2. The van der Waals surface area contributed by atoms with Gasteiger partial charge in [0.15, 0.2) is 0 Å². The normalized spacial score (nSPS) is 14.4. The Balaban J connectivity index is 1.63. The predicted octanol–water partition coefficient (Wildman–Crippen LogP) is 1.86. The van der Waals surface area contributed by atoms with Crippen LogP contribution in [0.15, 0.2) is 47.4 Å². The lowest BCUT2D eigenvalue weighted by atomic mass is 10.1. The highest BCUT2D eigenvalue weighted by molar-refractivity contribution is 7.89. The fourth-order valence-electron chi connectivity index (χ4n) is 3.07. The second-order valence-electron chi connectivity index (χ2n) is 6.73. The van der Waals surface area contributed by atoms with Crippen molar-refractivity contribution in [3.8, 4) is 5.75 Å². The van der Waals surface area contributed by atoms with E-state index in [4.69, 9.17) is 4.74 Å². The van der Waals surface area contributed by atoms with Gasteiger partial charge in [0.05, 0.1) is 12.0 Å². The standard InChI is InChI=1S/C20H23N3O5S/c1-14-5-6-16(13-18(14)28-2)20(25)22-21-19(24)15-7-9-17(10-8-15)29(26,27)23-11-3-4-12-23/h5-10,13H,3-4,11-12H2,1-2H3,(H,21,24)(H,22,25). The van der Waals surface area contributed by atoms with Crippen LogP contribution in [-0.4, -0.2) is 44.7 Å². The van der Waals surface area contributed by atoms with Gasteiger partial charge in [0.1, 0.15) is 5.75 Å². The van der Waals surface area contributed by atoms with Crippen LogP contribution in [0, 0.1) is 6.92 Å². The van der Waals surface area contributed by atoms with Gasteiger partial charge in [-0.25, -0.2) is 8.42 Å². The number of hydrogen-bond donors (Lipinski definition) is 2. The molecule has 1 heterocycles. The molecule has 1 saturated heterocycles. The van der Waals surface area contributed by atoms with Crippen molar-refractivity contribution in [2.75, 3.05) is 20.2 Å². The van der Waals surface area contributed by atoms with Crippen molar-refractivity contribution in [3.63, 3.8) is 0 Å². The summed E-state index contributed by atoms with van der Waals surface area (Å²) in [5.41, 5.74) is 6.11. The Morgan fingerprint density at radius 2 is 1.48 bits per heavy atom. The predicted molar refractivity (Wildman–Crippen MR) is 107 cm³/mol. The Morgan fingerprint density at radius 1 is 0.931 bits per heavy atom. The molecule has 1 aliphatic heterocycles. The number of hydrazine groups is 1. The molecule has 2 aromatic carbocycles. The van der Waals surface area contributed by atoms with Crippen molar-refractivity contribution < 1.29 is 22.7 Å². The van der Waals surface area contributed by atoms with Crippen molar-refractivity contribution >= 4 is 21.8 Å². The van der Waals surface area contributed by atoms with Crippen LogP contribution in [0.5, 0.6) is 5.75 Å². The smallest absolute Gasteiger partial charge is 0.269 e. The number of carbonyl (C=O) groups excluding carboxylic acids is 2. The summed E-state index contributed by atoms with van der Waals surface area (Å²) in [5, 5.41) is 0. The molecule has 8 nitrogen and oxygen atoms in total. The summed E-state index contributed by atoms with van der Waals surface area (Å²) >= 11 is 0. The molecule has 1 aliphatic rings. The average Bonchev–Trinajstić information content (AvgIpc) is 3.28. The number of hydrogen-bond acceptors (Lipinski definition) is 5. The highest BCUT2D eigenvalue weighted by Crippen LogP contribution is 2.21. The Hall–Kier alpha value is -2.91. The Morgan fingerprint density at radius 3 is 2.07 bits per heavy atom. The van der Waals surface area contributed by atoms with Crippen LogP contribution in [0.4, 0.5) is 0 Å². The van der Waals surface area contributed by atoms with E-state index in [0.29, 0.717) is 24.4 Å². The van der Waals surface area contributed by atoms with Gasteiger partial charge in [0, 0.05) is 24.2 Å². The minimum Gasteiger partial charge on any atom is -0.496 e. The number of rotatable bonds is 5. The molecule has 154 valence electrons. The highest BCUT2D eigenvalue weighted by Gasteiger charge is 2.27. The highest BCUT2D eigenvalue weighted by atomic mass is 32.2. The first-order chi connectivity index (χ1) is 13.8. The molecular formula is C20H23N3O5S. The molecule has 0 spiro atoms. The molecule has 0 radical (unpaired) electrons. The first kappa shape index (κ1) is 20.8. The van der Waals surface area contributed by atoms with E-state index < -0.39 is 21.8 Å². The lowest BCUT2D eigenvalue weighted by Crippen LogP contribution is -2.41. The van der Waals surface area contributed by atoms with E-state index in [1.165, 1.54) is 35.7 Å². The summed E-state index contributed by atoms with van der Waals surface area (Å²) in [6, 6.07) is 10.6. The molecule has 29 heavy (non-hydrogen) atoms. The summed E-state index contributed by atoms with van der Waals surface area (Å²) in [7, 11) is -2.02. The van der Waals surface area contributed by atoms with E-state index >= 15 is 0 Å². The van der Waals surface area contributed by atoms with E-state index in [0.717, 1.165) is 18.4 Å². The lowest BCUT2D eigenvalue weighted by molar-refractivity contribution is 0.0846. The van der Waals surface area contributed by atoms with Crippen molar-refractivity contribution in [3.05, 3.63) is 59.2 Å². The van der Waals surface area contributed by atoms with Crippen molar-refractivity contribution in [1.29, 1.82) is 0 Å². The van der Waals surface area contributed by atoms with Crippen LogP contribution in [0.2, 0.25) is 0 Å². The zero-order chi connectivity index (χ0) is 21.0. The van der Waals surface area contributed by atoms with Gasteiger partial charge in [-0.3, -0.25) is 20.4 Å². The van der Waals surface area contributed by atoms with Crippen molar-refractivity contribution in [1.82, 2.24) is 15.2 Å². The van der Waals surface area contributed by atoms with Gasteiger partial charge in [-0.2, -0.15) is 4.31 Å². The molecule has 0 aliphatic carbocycles. The first-order valence-electron chi connectivity index (χ1n) is 9.18. The van der Waals surface area contributed by atoms with Crippen molar-refractivity contribution in [2.24, 2.45) is 0 Å². The molecule has 3 rings (SSSR count). The third-order valence-corrected chi connectivity index (χ3v) is 6.69. The van der Waals surface area contributed by atoms with Crippen LogP contribution < -0.4 is 15.6 Å². The van der Waals surface area contributed by atoms with Crippen LogP contribution in [-0.2, 0) is 10.0 Å². The molecule has 0 saturated carbocycles. The lowest BCUT2D eigenvalue weighted by Gasteiger charge is -2.15. The molecule has 2 aromatic rings. The quantitative estimate of drug-likeness (QED) is 0.723. The zero-order valence-corrected chi connectivity index (χ0v) is 17.1. The fourth-order valence-corrected chi connectivity index (χ4v) is 4.59. The van der Waals surface area contributed by atoms with E-state index in [2.05, 4.69) is 10.9 Å². The molecule has 2 N–H and O–H groups in total. The van der Waals surface area contributed by atoms with Crippen LogP contribution in [0.3, 0.4) is 0 Å². The summed E-state index contributed by atoms with van der Waals surface area (Å²) in [6.45, 7) is 2.89. The second-order valence-corrected chi connectivity index (χ2v) is 8.67. The number of amides is 2. The number of methoxy groups -OCH3 is 1. The van der Waals surface area contributed by atoms with E-state index in [1.54, 1.807) is 18.2 Å². The summed E-state index contributed by atoms with van der Waals surface area (Å²) in [5.74, 6) is -0.480. The minimum absolute atomic E-state index is 0.145. The van der Waals surface area contributed by atoms with Crippen LogP contribution >= 0.6 is 0 Å². The molecule has 0 atom stereocenters. The zero-order valence-electron chi connectivity index (χ0n) is 16.3. The summed E-state index contributed by atoms with van der Waals surface area (Å²) in [4.78, 5) is 24.6. The van der Waals surface area contributed by atoms with Gasteiger partial charge >= 0.3 is 0 Å². The number of nitrogens with zero attached hydrogens (tertiary/aromatic N) is 1. The third-order valence-electron chi connectivity index (χ3n) is 4.78. The van der Waals surface area contributed by atoms with E-state index in [-0.39, 0.29) is 10.5 Å². The fraction of sp³-hybridized carbons (Fsp3) is 0.300. The average molecular weight is 417 g/mol. The van der Waals surface area contributed by atoms with Crippen LogP contribution in [0.25, 0.3) is 0 Å². The van der Waals surface area contributed by atoms with Gasteiger partial charge < -0.3 is 4.74 Å². The number of ether oxygens (including phenoxy) is 1. The largest absolute Gasteiger partial charge is 0.496 e. The molecule has 9 heteroatoms. The first-order valence-corrected chi connectivity index (χ1v) is 10.6. The minimum atomic E-state index is -3.53. The molecular weight excluding hydrogens is 394 g/mol. The topological polar surface area (TPSA) is 105 Å². The van der Waals surface area contributed by atoms with Gasteiger partial charge in [-0.15, -0.1) is 0 Å². The molecule has 1 fully saturated rings.